The Morgan fingerprint density at radius 2 is 2.05 bits per heavy atom. The summed E-state index contributed by atoms with van der Waals surface area (Å²) in [5, 5.41) is 3.59. The third-order valence-electron chi connectivity index (χ3n) is 2.83. The minimum absolute atomic E-state index is 0.163. The maximum absolute atomic E-state index is 12.2. The third-order valence-corrected chi connectivity index (χ3v) is 4.77. The molecule has 0 aromatic heterocycles. The lowest BCUT2D eigenvalue weighted by Crippen LogP contribution is -2.35. The van der Waals surface area contributed by atoms with E-state index in [9.17, 15) is 8.42 Å². The van der Waals surface area contributed by atoms with Crippen LogP contribution < -0.4 is 10.0 Å². The van der Waals surface area contributed by atoms with Crippen LogP contribution in [-0.2, 0) is 21.3 Å². The van der Waals surface area contributed by atoms with Crippen molar-refractivity contribution >= 4 is 21.6 Å². The molecule has 0 radical (unpaired) electrons. The van der Waals surface area contributed by atoms with E-state index in [0.717, 1.165) is 12.1 Å². The molecular formula is C14H23ClN2O3S. The summed E-state index contributed by atoms with van der Waals surface area (Å²) in [7, 11) is -3.58. The molecule has 21 heavy (non-hydrogen) atoms. The Kier molecular flexibility index (Phi) is 7.62. The van der Waals surface area contributed by atoms with E-state index in [1.807, 2.05) is 13.8 Å². The Morgan fingerprint density at radius 3 is 2.62 bits per heavy atom. The van der Waals surface area contributed by atoms with Crippen molar-refractivity contribution in [2.75, 3.05) is 19.8 Å². The van der Waals surface area contributed by atoms with Gasteiger partial charge in [0.1, 0.15) is 0 Å². The molecular weight excluding hydrogens is 312 g/mol. The molecule has 0 spiro atoms. The van der Waals surface area contributed by atoms with E-state index in [1.54, 1.807) is 19.1 Å². The van der Waals surface area contributed by atoms with Gasteiger partial charge in [-0.1, -0.05) is 24.6 Å². The summed E-state index contributed by atoms with van der Waals surface area (Å²) in [5.74, 6) is 0. The standard InChI is InChI=1S/C14H23ClN2O3S/c1-4-16-9-12-6-7-13(8-14(12)15)21(18,19)17-11(3)10-20-5-2/h6-8,11,16-17H,4-5,9-10H2,1-3H3. The number of nitrogens with one attached hydrogen (secondary N) is 2. The second-order valence-electron chi connectivity index (χ2n) is 4.72. The van der Waals surface area contributed by atoms with E-state index in [0.29, 0.717) is 24.8 Å². The van der Waals surface area contributed by atoms with Crippen molar-refractivity contribution < 1.29 is 13.2 Å². The summed E-state index contributed by atoms with van der Waals surface area (Å²) >= 11 is 6.13. The zero-order valence-corrected chi connectivity index (χ0v) is 14.2. The number of halogens is 1. The molecule has 0 aliphatic heterocycles. The van der Waals surface area contributed by atoms with Crippen LogP contribution in [0.3, 0.4) is 0 Å². The van der Waals surface area contributed by atoms with Crippen molar-refractivity contribution in [3.63, 3.8) is 0 Å². The lowest BCUT2D eigenvalue weighted by atomic mass is 10.2. The highest BCUT2D eigenvalue weighted by Gasteiger charge is 2.18. The Bertz CT molecular complexity index is 549. The van der Waals surface area contributed by atoms with Crippen molar-refractivity contribution in [2.24, 2.45) is 0 Å². The summed E-state index contributed by atoms with van der Waals surface area (Å²) < 4.78 is 32.3. The molecule has 0 aliphatic carbocycles. The summed E-state index contributed by atoms with van der Waals surface area (Å²) in [4.78, 5) is 0.163. The van der Waals surface area contributed by atoms with Crippen LogP contribution in [0.25, 0.3) is 0 Å². The molecule has 2 N–H and O–H groups in total. The number of hydrogen-bond donors (Lipinski definition) is 2. The second kappa shape index (κ2) is 8.70. The van der Waals surface area contributed by atoms with Gasteiger partial charge in [0, 0.05) is 24.2 Å². The molecule has 0 saturated heterocycles. The minimum atomic E-state index is -3.58. The molecule has 1 unspecified atom stereocenters. The van der Waals surface area contributed by atoms with Crippen LogP contribution in [0.2, 0.25) is 5.02 Å². The van der Waals surface area contributed by atoms with E-state index in [2.05, 4.69) is 10.0 Å². The number of ether oxygens (including phenoxy) is 1. The van der Waals surface area contributed by atoms with Crippen LogP contribution in [0.4, 0.5) is 0 Å². The average molecular weight is 335 g/mol. The Labute approximate surface area is 132 Å². The maximum atomic E-state index is 12.2. The molecule has 1 rings (SSSR count). The van der Waals surface area contributed by atoms with Crippen molar-refractivity contribution in [2.45, 2.75) is 38.3 Å². The predicted octanol–water partition coefficient (Wildman–Crippen LogP) is 2.15. The normalized spacial score (nSPS) is 13.3. The quantitative estimate of drug-likeness (QED) is 0.726. The van der Waals surface area contributed by atoms with Crippen LogP contribution in [0.5, 0.6) is 0 Å². The fourth-order valence-electron chi connectivity index (χ4n) is 1.76. The van der Waals surface area contributed by atoms with Crippen molar-refractivity contribution in [3.05, 3.63) is 28.8 Å². The van der Waals surface area contributed by atoms with E-state index in [4.69, 9.17) is 16.3 Å². The van der Waals surface area contributed by atoms with E-state index in [1.165, 1.54) is 6.07 Å². The fourth-order valence-corrected chi connectivity index (χ4v) is 3.33. The lowest BCUT2D eigenvalue weighted by Gasteiger charge is -2.15. The number of rotatable bonds is 9. The summed E-state index contributed by atoms with van der Waals surface area (Å²) in [6.45, 7) is 7.95. The molecule has 0 fully saturated rings. The largest absolute Gasteiger partial charge is 0.380 e. The van der Waals surface area contributed by atoms with Crippen LogP contribution >= 0.6 is 11.6 Å². The number of sulfonamides is 1. The van der Waals surface area contributed by atoms with Crippen LogP contribution in [0.15, 0.2) is 23.1 Å². The van der Waals surface area contributed by atoms with Gasteiger partial charge in [0.05, 0.1) is 11.5 Å². The summed E-state index contributed by atoms with van der Waals surface area (Å²) in [6, 6.07) is 4.47. The molecule has 0 amide bonds. The fraction of sp³-hybridized carbons (Fsp3) is 0.571. The smallest absolute Gasteiger partial charge is 0.240 e. The number of benzene rings is 1. The van der Waals surface area contributed by atoms with Gasteiger partial charge in [-0.05, 0) is 38.1 Å². The average Bonchev–Trinajstić information content (AvgIpc) is 2.43. The Hall–Kier alpha value is -0.660. The van der Waals surface area contributed by atoms with Crippen LogP contribution in [0, 0.1) is 0 Å². The van der Waals surface area contributed by atoms with E-state index < -0.39 is 10.0 Å². The first-order chi connectivity index (χ1) is 9.90. The topological polar surface area (TPSA) is 67.4 Å². The van der Waals surface area contributed by atoms with Gasteiger partial charge in [0.15, 0.2) is 0 Å². The predicted molar refractivity (Wildman–Crippen MR) is 85.1 cm³/mol. The molecule has 1 aromatic carbocycles. The molecule has 7 heteroatoms. The highest BCUT2D eigenvalue weighted by atomic mass is 35.5. The van der Waals surface area contributed by atoms with E-state index >= 15 is 0 Å². The lowest BCUT2D eigenvalue weighted by molar-refractivity contribution is 0.133. The summed E-state index contributed by atoms with van der Waals surface area (Å²) in [5.41, 5.74) is 0.875. The monoisotopic (exact) mass is 334 g/mol. The molecule has 0 aliphatic rings. The highest BCUT2D eigenvalue weighted by molar-refractivity contribution is 7.89. The Morgan fingerprint density at radius 1 is 1.33 bits per heavy atom. The molecule has 1 aromatic rings. The van der Waals surface area contributed by atoms with Gasteiger partial charge in [-0.2, -0.15) is 0 Å². The van der Waals surface area contributed by atoms with Gasteiger partial charge in [-0.3, -0.25) is 0 Å². The van der Waals surface area contributed by atoms with E-state index in [-0.39, 0.29) is 10.9 Å². The van der Waals surface area contributed by atoms with Crippen molar-refractivity contribution in [1.29, 1.82) is 0 Å². The van der Waals surface area contributed by atoms with Crippen molar-refractivity contribution in [3.8, 4) is 0 Å². The molecule has 0 bridgehead atoms. The third kappa shape index (κ3) is 5.92. The first kappa shape index (κ1) is 18.4. The van der Waals surface area contributed by atoms with Gasteiger partial charge < -0.3 is 10.1 Å². The minimum Gasteiger partial charge on any atom is -0.380 e. The summed E-state index contributed by atoms with van der Waals surface area (Å²) in [6.07, 6.45) is 0. The highest BCUT2D eigenvalue weighted by Crippen LogP contribution is 2.21. The van der Waals surface area contributed by atoms with Crippen molar-refractivity contribution in [1.82, 2.24) is 10.0 Å². The zero-order valence-electron chi connectivity index (χ0n) is 12.6. The SMILES string of the molecule is CCNCc1ccc(S(=O)(=O)NC(C)COCC)cc1Cl. The first-order valence-corrected chi connectivity index (χ1v) is 8.86. The molecule has 5 nitrogen and oxygen atoms in total. The molecule has 0 saturated carbocycles. The molecule has 120 valence electrons. The van der Waals surface area contributed by atoms with Gasteiger partial charge in [-0.25, -0.2) is 13.1 Å². The second-order valence-corrected chi connectivity index (χ2v) is 6.84. The number of hydrogen-bond acceptors (Lipinski definition) is 4. The zero-order chi connectivity index (χ0) is 15.9. The Balaban J connectivity index is 2.81. The van der Waals surface area contributed by atoms with Gasteiger partial charge in [0.25, 0.3) is 0 Å². The van der Waals surface area contributed by atoms with Crippen LogP contribution in [0.1, 0.15) is 26.3 Å². The molecule has 1 atom stereocenters. The van der Waals surface area contributed by atoms with Gasteiger partial charge in [-0.15, -0.1) is 0 Å². The van der Waals surface area contributed by atoms with Gasteiger partial charge >= 0.3 is 0 Å². The van der Waals surface area contributed by atoms with Crippen LogP contribution in [-0.4, -0.2) is 34.2 Å². The first-order valence-electron chi connectivity index (χ1n) is 7.00. The molecule has 0 heterocycles. The maximum Gasteiger partial charge on any atom is 0.240 e. The van der Waals surface area contributed by atoms with Gasteiger partial charge in [0.2, 0.25) is 10.0 Å².